The minimum Gasteiger partial charge on any atom is -0.485 e. The fourth-order valence-electron chi connectivity index (χ4n) is 1.26. The number of nitrogens with zero attached hydrogens (tertiary/aromatic N) is 2. The van der Waals surface area contributed by atoms with Crippen LogP contribution in [0.3, 0.4) is 0 Å². The van der Waals surface area contributed by atoms with Gasteiger partial charge in [-0.1, -0.05) is 35.1 Å². The number of hydrogen-bond donors (Lipinski definition) is 1. The van der Waals surface area contributed by atoms with E-state index in [9.17, 15) is 0 Å². The summed E-state index contributed by atoms with van der Waals surface area (Å²) in [4.78, 5) is 0. The van der Waals surface area contributed by atoms with Gasteiger partial charge in [0.2, 0.25) is 5.13 Å². The van der Waals surface area contributed by atoms with E-state index < -0.39 is 0 Å². The molecule has 0 saturated heterocycles. The van der Waals surface area contributed by atoms with Crippen molar-refractivity contribution in [3.05, 3.63) is 33.8 Å². The average molecular weight is 256 g/mol. The monoisotopic (exact) mass is 255 g/mol. The summed E-state index contributed by atoms with van der Waals surface area (Å²) >= 11 is 7.32. The SMILES string of the molecule is Cc1cccc(Cl)c1OCc1nnc(N)s1. The van der Waals surface area contributed by atoms with Gasteiger partial charge in [0.25, 0.3) is 0 Å². The number of ether oxygens (including phenoxy) is 1. The number of nitrogen functional groups attached to an aromatic ring is 1. The van der Waals surface area contributed by atoms with E-state index in [1.165, 1.54) is 11.3 Å². The average Bonchev–Trinajstić information content (AvgIpc) is 2.63. The van der Waals surface area contributed by atoms with Crippen LogP contribution in [0.15, 0.2) is 18.2 Å². The molecule has 1 aromatic carbocycles. The molecule has 1 aromatic heterocycles. The third kappa shape index (κ3) is 2.43. The number of rotatable bonds is 3. The molecule has 0 atom stereocenters. The van der Waals surface area contributed by atoms with Crippen molar-refractivity contribution < 1.29 is 4.74 Å². The molecule has 16 heavy (non-hydrogen) atoms. The summed E-state index contributed by atoms with van der Waals surface area (Å²) < 4.78 is 5.59. The Labute approximate surface area is 102 Å². The first-order valence-corrected chi connectivity index (χ1v) is 5.82. The molecule has 0 bridgehead atoms. The lowest BCUT2D eigenvalue weighted by Crippen LogP contribution is -1.97. The summed E-state index contributed by atoms with van der Waals surface area (Å²) in [6.45, 7) is 2.27. The molecule has 0 radical (unpaired) electrons. The maximum atomic E-state index is 6.02. The van der Waals surface area contributed by atoms with Crippen molar-refractivity contribution in [2.45, 2.75) is 13.5 Å². The molecular formula is C10H10ClN3OS. The van der Waals surface area contributed by atoms with Crippen LogP contribution in [-0.2, 0) is 6.61 Å². The molecule has 6 heteroatoms. The molecule has 0 aliphatic heterocycles. The van der Waals surface area contributed by atoms with Gasteiger partial charge in [0.15, 0.2) is 5.01 Å². The van der Waals surface area contributed by atoms with E-state index in [0.29, 0.717) is 22.5 Å². The van der Waals surface area contributed by atoms with Crippen molar-refractivity contribution in [3.8, 4) is 5.75 Å². The van der Waals surface area contributed by atoms with Crippen LogP contribution in [0.5, 0.6) is 5.75 Å². The Kier molecular flexibility index (Phi) is 3.26. The predicted octanol–water partition coefficient (Wildman–Crippen LogP) is 2.66. The lowest BCUT2D eigenvalue weighted by atomic mass is 10.2. The Balaban J connectivity index is 2.10. The van der Waals surface area contributed by atoms with E-state index in [2.05, 4.69) is 10.2 Å². The topological polar surface area (TPSA) is 61.0 Å². The Morgan fingerprint density at radius 3 is 2.88 bits per heavy atom. The lowest BCUT2D eigenvalue weighted by molar-refractivity contribution is 0.302. The van der Waals surface area contributed by atoms with Crippen LogP contribution in [0.1, 0.15) is 10.6 Å². The summed E-state index contributed by atoms with van der Waals surface area (Å²) in [5.74, 6) is 0.679. The smallest absolute Gasteiger partial charge is 0.203 e. The molecule has 0 aliphatic rings. The second kappa shape index (κ2) is 4.67. The van der Waals surface area contributed by atoms with Crippen molar-refractivity contribution in [3.63, 3.8) is 0 Å². The number of para-hydroxylation sites is 1. The van der Waals surface area contributed by atoms with E-state index in [0.717, 1.165) is 10.6 Å². The van der Waals surface area contributed by atoms with E-state index >= 15 is 0 Å². The fourth-order valence-corrected chi connectivity index (χ4v) is 2.06. The van der Waals surface area contributed by atoms with E-state index in [1.807, 2.05) is 19.1 Å². The van der Waals surface area contributed by atoms with Gasteiger partial charge in [-0.2, -0.15) is 0 Å². The van der Waals surface area contributed by atoms with Gasteiger partial charge in [-0.3, -0.25) is 0 Å². The Bertz CT molecular complexity index is 480. The molecule has 0 spiro atoms. The highest BCUT2D eigenvalue weighted by Crippen LogP contribution is 2.28. The van der Waals surface area contributed by atoms with Gasteiger partial charge in [-0.25, -0.2) is 0 Å². The molecule has 2 rings (SSSR count). The van der Waals surface area contributed by atoms with Gasteiger partial charge in [0, 0.05) is 0 Å². The highest BCUT2D eigenvalue weighted by atomic mass is 35.5. The molecule has 0 amide bonds. The minimum atomic E-state index is 0.333. The van der Waals surface area contributed by atoms with Crippen molar-refractivity contribution in [2.75, 3.05) is 5.73 Å². The third-order valence-electron chi connectivity index (χ3n) is 1.99. The third-order valence-corrected chi connectivity index (χ3v) is 3.01. The maximum Gasteiger partial charge on any atom is 0.203 e. The van der Waals surface area contributed by atoms with Crippen LogP contribution in [0, 0.1) is 6.92 Å². The van der Waals surface area contributed by atoms with Gasteiger partial charge in [0.05, 0.1) is 5.02 Å². The van der Waals surface area contributed by atoms with Crippen molar-refractivity contribution in [1.29, 1.82) is 0 Å². The van der Waals surface area contributed by atoms with Gasteiger partial charge in [-0.05, 0) is 18.6 Å². The van der Waals surface area contributed by atoms with E-state index in [-0.39, 0.29) is 0 Å². The van der Waals surface area contributed by atoms with Crippen LogP contribution in [-0.4, -0.2) is 10.2 Å². The number of aryl methyl sites for hydroxylation is 1. The Morgan fingerprint density at radius 1 is 1.44 bits per heavy atom. The molecule has 2 N–H and O–H groups in total. The molecule has 84 valence electrons. The van der Waals surface area contributed by atoms with Crippen LogP contribution in [0.2, 0.25) is 5.02 Å². The predicted molar refractivity (Wildman–Crippen MR) is 64.8 cm³/mol. The number of benzene rings is 1. The highest BCUT2D eigenvalue weighted by Gasteiger charge is 2.07. The molecule has 1 heterocycles. The summed E-state index contributed by atoms with van der Waals surface area (Å²) in [7, 11) is 0. The summed E-state index contributed by atoms with van der Waals surface area (Å²) in [6.07, 6.45) is 0. The Hall–Kier alpha value is -1.33. The first-order valence-electron chi connectivity index (χ1n) is 4.62. The Morgan fingerprint density at radius 2 is 2.25 bits per heavy atom. The second-order valence-electron chi connectivity index (χ2n) is 3.21. The van der Waals surface area contributed by atoms with Crippen molar-refractivity contribution >= 4 is 28.1 Å². The van der Waals surface area contributed by atoms with Crippen molar-refractivity contribution in [1.82, 2.24) is 10.2 Å². The van der Waals surface area contributed by atoms with Crippen LogP contribution in [0.4, 0.5) is 5.13 Å². The number of halogens is 1. The zero-order chi connectivity index (χ0) is 11.5. The van der Waals surface area contributed by atoms with E-state index in [4.69, 9.17) is 22.1 Å². The van der Waals surface area contributed by atoms with Gasteiger partial charge in [-0.15, -0.1) is 10.2 Å². The zero-order valence-corrected chi connectivity index (χ0v) is 10.2. The zero-order valence-electron chi connectivity index (χ0n) is 8.61. The highest BCUT2D eigenvalue weighted by molar-refractivity contribution is 7.15. The molecule has 0 unspecified atom stereocenters. The van der Waals surface area contributed by atoms with Gasteiger partial charge in [0.1, 0.15) is 12.4 Å². The van der Waals surface area contributed by atoms with Crippen LogP contribution < -0.4 is 10.5 Å². The van der Waals surface area contributed by atoms with E-state index in [1.54, 1.807) is 6.07 Å². The normalized spacial score (nSPS) is 10.4. The number of hydrogen-bond acceptors (Lipinski definition) is 5. The minimum absolute atomic E-state index is 0.333. The van der Waals surface area contributed by atoms with Gasteiger partial charge >= 0.3 is 0 Å². The van der Waals surface area contributed by atoms with Gasteiger partial charge < -0.3 is 10.5 Å². The molecule has 0 fully saturated rings. The quantitative estimate of drug-likeness (QED) is 0.916. The second-order valence-corrected chi connectivity index (χ2v) is 4.71. The standard InChI is InChI=1S/C10H10ClN3OS/c1-6-3-2-4-7(11)9(6)15-5-8-13-14-10(12)16-8/h2-4H,5H2,1H3,(H2,12,14). The maximum absolute atomic E-state index is 6.02. The van der Waals surface area contributed by atoms with Crippen LogP contribution >= 0.6 is 22.9 Å². The fraction of sp³-hybridized carbons (Fsp3) is 0.200. The molecule has 0 saturated carbocycles. The first kappa shape index (κ1) is 11.2. The molecule has 4 nitrogen and oxygen atoms in total. The molecular weight excluding hydrogens is 246 g/mol. The summed E-state index contributed by atoms with van der Waals surface area (Å²) in [6, 6.07) is 5.61. The molecule has 0 aliphatic carbocycles. The summed E-state index contributed by atoms with van der Waals surface area (Å²) in [5, 5.41) is 9.34. The summed E-state index contributed by atoms with van der Waals surface area (Å²) in [5.41, 5.74) is 6.46. The lowest BCUT2D eigenvalue weighted by Gasteiger charge is -2.08. The first-order chi connectivity index (χ1) is 7.66. The molecule has 2 aromatic rings. The number of anilines is 1. The largest absolute Gasteiger partial charge is 0.485 e. The van der Waals surface area contributed by atoms with Crippen molar-refractivity contribution in [2.24, 2.45) is 0 Å². The number of aromatic nitrogens is 2. The number of nitrogens with two attached hydrogens (primary N) is 1. The van der Waals surface area contributed by atoms with Crippen LogP contribution in [0.25, 0.3) is 0 Å².